The predicted octanol–water partition coefficient (Wildman–Crippen LogP) is 3.72. The van der Waals surface area contributed by atoms with Gasteiger partial charge >= 0.3 is 0 Å². The Bertz CT molecular complexity index is 841. The molecule has 0 spiro atoms. The van der Waals surface area contributed by atoms with Crippen molar-refractivity contribution in [3.05, 3.63) is 77.8 Å². The zero-order valence-electron chi connectivity index (χ0n) is 15.9. The molecule has 0 radical (unpaired) electrons. The summed E-state index contributed by atoms with van der Waals surface area (Å²) in [6.07, 6.45) is 6.57. The van der Waals surface area contributed by atoms with Gasteiger partial charge in [-0.05, 0) is 48.4 Å². The van der Waals surface area contributed by atoms with E-state index in [0.717, 1.165) is 55.6 Å². The number of benzene rings is 2. The highest BCUT2D eigenvalue weighted by atomic mass is 35.5. The number of nitrogens with zero attached hydrogens (tertiary/aromatic N) is 4. The van der Waals surface area contributed by atoms with E-state index in [1.165, 1.54) is 5.56 Å². The molecule has 2 aromatic carbocycles. The SMILES string of the molecule is Clc1ccc(CCN2CCN(COc3ccc(-n4ccnc4)cc3)CC2)cc1. The van der Waals surface area contributed by atoms with Gasteiger partial charge in [0.25, 0.3) is 0 Å². The van der Waals surface area contributed by atoms with E-state index in [9.17, 15) is 0 Å². The molecule has 0 N–H and O–H groups in total. The van der Waals surface area contributed by atoms with Crippen molar-refractivity contribution in [2.45, 2.75) is 6.42 Å². The Morgan fingerprint density at radius 3 is 2.29 bits per heavy atom. The van der Waals surface area contributed by atoms with Crippen LogP contribution in [0.1, 0.15) is 5.56 Å². The van der Waals surface area contributed by atoms with Crippen molar-refractivity contribution < 1.29 is 4.74 Å². The molecule has 0 unspecified atom stereocenters. The number of imidazole rings is 1. The molecule has 0 saturated carbocycles. The molecule has 1 aromatic heterocycles. The average molecular weight is 397 g/mol. The third-order valence-corrected chi connectivity index (χ3v) is 5.40. The second-order valence-electron chi connectivity index (χ2n) is 7.07. The average Bonchev–Trinajstić information content (AvgIpc) is 3.28. The van der Waals surface area contributed by atoms with Crippen LogP contribution in [-0.4, -0.2) is 58.8 Å². The van der Waals surface area contributed by atoms with Crippen molar-refractivity contribution in [1.29, 1.82) is 0 Å². The molecule has 5 nitrogen and oxygen atoms in total. The summed E-state index contributed by atoms with van der Waals surface area (Å²) in [5.74, 6) is 0.897. The molecule has 1 saturated heterocycles. The van der Waals surface area contributed by atoms with Crippen LogP contribution in [0.3, 0.4) is 0 Å². The molecule has 0 amide bonds. The first-order valence-electron chi connectivity index (χ1n) is 9.67. The topological polar surface area (TPSA) is 33.5 Å². The maximum Gasteiger partial charge on any atom is 0.142 e. The van der Waals surface area contributed by atoms with Crippen LogP contribution < -0.4 is 4.74 Å². The van der Waals surface area contributed by atoms with Gasteiger partial charge in [-0.25, -0.2) is 4.98 Å². The molecular formula is C22H25ClN4O. The van der Waals surface area contributed by atoms with Gasteiger partial charge in [-0.1, -0.05) is 23.7 Å². The summed E-state index contributed by atoms with van der Waals surface area (Å²) >= 11 is 5.95. The van der Waals surface area contributed by atoms with Crippen LogP contribution in [0.15, 0.2) is 67.3 Å². The fraction of sp³-hybridized carbons (Fsp3) is 0.318. The minimum Gasteiger partial charge on any atom is -0.478 e. The number of hydrogen-bond acceptors (Lipinski definition) is 4. The molecule has 1 fully saturated rings. The Balaban J connectivity index is 1.18. The van der Waals surface area contributed by atoms with Crippen molar-refractivity contribution in [3.8, 4) is 11.4 Å². The van der Waals surface area contributed by atoms with Gasteiger partial charge in [-0.15, -0.1) is 0 Å². The fourth-order valence-corrected chi connectivity index (χ4v) is 3.50. The van der Waals surface area contributed by atoms with Crippen molar-refractivity contribution >= 4 is 11.6 Å². The molecule has 1 aliphatic heterocycles. The molecule has 2 heterocycles. The van der Waals surface area contributed by atoms with E-state index >= 15 is 0 Å². The Kier molecular flexibility index (Phi) is 6.27. The minimum atomic E-state index is 0.634. The molecular weight excluding hydrogens is 372 g/mol. The highest BCUT2D eigenvalue weighted by molar-refractivity contribution is 6.30. The summed E-state index contributed by atoms with van der Waals surface area (Å²) in [5.41, 5.74) is 2.42. The van der Waals surface area contributed by atoms with Gasteiger partial charge in [-0.3, -0.25) is 4.90 Å². The van der Waals surface area contributed by atoms with Gasteiger partial charge in [0.05, 0.1) is 6.33 Å². The molecule has 1 aliphatic rings. The quantitative estimate of drug-likeness (QED) is 0.609. The van der Waals surface area contributed by atoms with Crippen molar-refractivity contribution in [3.63, 3.8) is 0 Å². The van der Waals surface area contributed by atoms with Crippen molar-refractivity contribution in [2.75, 3.05) is 39.5 Å². The molecule has 6 heteroatoms. The maximum absolute atomic E-state index is 5.96. The highest BCUT2D eigenvalue weighted by Gasteiger charge is 2.16. The van der Waals surface area contributed by atoms with E-state index in [-0.39, 0.29) is 0 Å². The number of piperazine rings is 1. The monoisotopic (exact) mass is 396 g/mol. The van der Waals surface area contributed by atoms with Gasteiger partial charge in [0.15, 0.2) is 0 Å². The van der Waals surface area contributed by atoms with Crippen LogP contribution in [0.2, 0.25) is 5.02 Å². The minimum absolute atomic E-state index is 0.634. The second kappa shape index (κ2) is 9.24. The van der Waals surface area contributed by atoms with Gasteiger partial charge in [0.1, 0.15) is 12.5 Å². The number of ether oxygens (including phenoxy) is 1. The zero-order chi connectivity index (χ0) is 19.2. The molecule has 0 atom stereocenters. The van der Waals surface area contributed by atoms with E-state index in [1.54, 1.807) is 12.5 Å². The molecule has 0 bridgehead atoms. The van der Waals surface area contributed by atoms with Crippen LogP contribution in [0.25, 0.3) is 5.69 Å². The molecule has 146 valence electrons. The Labute approximate surface area is 171 Å². The maximum atomic E-state index is 5.96. The lowest BCUT2D eigenvalue weighted by Gasteiger charge is -2.34. The van der Waals surface area contributed by atoms with E-state index < -0.39 is 0 Å². The fourth-order valence-electron chi connectivity index (χ4n) is 3.37. The number of halogens is 1. The third-order valence-electron chi connectivity index (χ3n) is 5.15. The van der Waals surface area contributed by atoms with Crippen molar-refractivity contribution in [2.24, 2.45) is 0 Å². The predicted molar refractivity (Wildman–Crippen MR) is 112 cm³/mol. The number of rotatable bonds is 7. The van der Waals surface area contributed by atoms with Crippen LogP contribution in [0, 0.1) is 0 Å². The summed E-state index contributed by atoms with van der Waals surface area (Å²) in [4.78, 5) is 8.96. The van der Waals surface area contributed by atoms with E-state index in [4.69, 9.17) is 16.3 Å². The van der Waals surface area contributed by atoms with E-state index in [0.29, 0.717) is 6.73 Å². The number of aromatic nitrogens is 2. The van der Waals surface area contributed by atoms with Gasteiger partial charge in [0.2, 0.25) is 0 Å². The second-order valence-corrected chi connectivity index (χ2v) is 7.51. The summed E-state index contributed by atoms with van der Waals surface area (Å²) in [7, 11) is 0. The first-order chi connectivity index (χ1) is 13.8. The van der Waals surface area contributed by atoms with Gasteiger partial charge in [0, 0.05) is 55.8 Å². The largest absolute Gasteiger partial charge is 0.478 e. The standard InChI is InChI=1S/C22H25ClN4O/c23-20-3-1-19(2-4-20)9-11-25-13-15-26(16-14-25)18-28-22-7-5-21(6-8-22)27-12-10-24-17-27/h1-8,10,12,17H,9,11,13-16,18H2. The molecule has 0 aliphatic carbocycles. The first kappa shape index (κ1) is 19.0. The summed E-state index contributed by atoms with van der Waals surface area (Å²) in [5, 5.41) is 0.800. The molecule has 3 aromatic rings. The Hall–Kier alpha value is -2.34. The Morgan fingerprint density at radius 1 is 0.893 bits per heavy atom. The lowest BCUT2D eigenvalue weighted by atomic mass is 10.1. The lowest BCUT2D eigenvalue weighted by Crippen LogP contribution is -2.47. The number of hydrogen-bond donors (Lipinski definition) is 0. The highest BCUT2D eigenvalue weighted by Crippen LogP contribution is 2.16. The normalized spacial score (nSPS) is 15.6. The van der Waals surface area contributed by atoms with E-state index in [1.807, 2.05) is 47.2 Å². The summed E-state index contributed by atoms with van der Waals surface area (Å²) < 4.78 is 7.94. The van der Waals surface area contributed by atoms with Crippen LogP contribution in [-0.2, 0) is 6.42 Å². The van der Waals surface area contributed by atoms with Crippen LogP contribution >= 0.6 is 11.6 Å². The lowest BCUT2D eigenvalue weighted by molar-refractivity contribution is 0.0669. The summed E-state index contributed by atoms with van der Waals surface area (Å²) in [6, 6.07) is 16.3. The van der Waals surface area contributed by atoms with Crippen LogP contribution in [0.5, 0.6) is 5.75 Å². The van der Waals surface area contributed by atoms with Gasteiger partial charge in [-0.2, -0.15) is 0 Å². The third kappa shape index (κ3) is 5.13. The Morgan fingerprint density at radius 2 is 1.61 bits per heavy atom. The molecule has 4 rings (SSSR count). The van der Waals surface area contributed by atoms with Crippen LogP contribution in [0.4, 0.5) is 0 Å². The molecule has 28 heavy (non-hydrogen) atoms. The first-order valence-corrected chi connectivity index (χ1v) is 10.0. The zero-order valence-corrected chi connectivity index (χ0v) is 16.6. The summed E-state index contributed by atoms with van der Waals surface area (Å²) in [6.45, 7) is 5.95. The van der Waals surface area contributed by atoms with E-state index in [2.05, 4.69) is 26.9 Å². The van der Waals surface area contributed by atoms with Gasteiger partial charge < -0.3 is 14.2 Å². The smallest absolute Gasteiger partial charge is 0.142 e. The van der Waals surface area contributed by atoms with Crippen molar-refractivity contribution in [1.82, 2.24) is 19.4 Å².